The van der Waals surface area contributed by atoms with Gasteiger partial charge in [0.15, 0.2) is 0 Å². The molecule has 3 aromatic heterocycles. The molecule has 0 fully saturated rings. The number of carbonyl (C=O) groups excluding carboxylic acids is 1. The first-order chi connectivity index (χ1) is 13.1. The van der Waals surface area contributed by atoms with Crippen molar-refractivity contribution in [2.75, 3.05) is 0 Å². The van der Waals surface area contributed by atoms with Gasteiger partial charge in [-0.05, 0) is 37.6 Å². The summed E-state index contributed by atoms with van der Waals surface area (Å²) in [4.78, 5) is 17.2. The summed E-state index contributed by atoms with van der Waals surface area (Å²) in [5.41, 5.74) is 4.51. The van der Waals surface area contributed by atoms with Gasteiger partial charge in [0.25, 0.3) is 5.91 Å². The largest absolute Gasteiger partial charge is 0.350 e. The van der Waals surface area contributed by atoms with E-state index in [1.165, 1.54) is 5.56 Å². The molecular weight excluding hydrogens is 336 g/mol. The van der Waals surface area contributed by atoms with Crippen LogP contribution in [0.5, 0.6) is 0 Å². The minimum Gasteiger partial charge on any atom is -0.350 e. The molecule has 5 nitrogen and oxygen atoms in total. The number of hydrogen-bond acceptors (Lipinski definition) is 2. The number of carbonyl (C=O) groups is 1. The van der Waals surface area contributed by atoms with Crippen LogP contribution in [0.25, 0.3) is 16.9 Å². The highest BCUT2D eigenvalue weighted by molar-refractivity contribution is 6.02. The van der Waals surface area contributed by atoms with Crippen molar-refractivity contribution in [3.8, 4) is 11.4 Å². The first-order valence-electron chi connectivity index (χ1n) is 9.09. The van der Waals surface area contributed by atoms with Crippen molar-refractivity contribution in [2.24, 2.45) is 0 Å². The normalized spacial score (nSPS) is 11.2. The highest BCUT2D eigenvalue weighted by Crippen LogP contribution is 2.25. The molecule has 0 aliphatic heterocycles. The Labute approximate surface area is 158 Å². The van der Waals surface area contributed by atoms with E-state index in [0.717, 1.165) is 23.4 Å². The first-order valence-corrected chi connectivity index (χ1v) is 9.09. The molecule has 4 aromatic rings. The van der Waals surface area contributed by atoms with Gasteiger partial charge in [-0.15, -0.1) is 0 Å². The lowest BCUT2D eigenvalue weighted by molar-refractivity contribution is 0.0945. The molecule has 1 aromatic carbocycles. The summed E-state index contributed by atoms with van der Waals surface area (Å²) in [6, 6.07) is 18.1. The Kier molecular flexibility index (Phi) is 4.50. The van der Waals surface area contributed by atoms with E-state index in [4.69, 9.17) is 0 Å². The summed E-state index contributed by atoms with van der Waals surface area (Å²) in [5.74, 6) is -0.0660. The third-order valence-corrected chi connectivity index (χ3v) is 4.44. The topological polar surface area (TPSA) is 51.3 Å². The van der Waals surface area contributed by atoms with Crippen LogP contribution >= 0.6 is 0 Å². The van der Waals surface area contributed by atoms with Crippen molar-refractivity contribution < 1.29 is 4.79 Å². The summed E-state index contributed by atoms with van der Waals surface area (Å²) in [6.45, 7) is 4.68. The number of fused-ring (bicyclic) bond motifs is 1. The smallest absolute Gasteiger partial charge is 0.253 e. The summed E-state index contributed by atoms with van der Waals surface area (Å²) in [5, 5.41) is 2.98. The third-order valence-electron chi connectivity index (χ3n) is 4.44. The Morgan fingerprint density at radius 2 is 1.89 bits per heavy atom. The molecule has 0 bridgehead atoms. The molecule has 4 rings (SSSR count). The molecule has 3 heterocycles. The van der Waals surface area contributed by atoms with Gasteiger partial charge >= 0.3 is 0 Å². The molecule has 0 atom stereocenters. The number of nitrogens with zero attached hydrogens (tertiary/aromatic N) is 3. The van der Waals surface area contributed by atoms with Crippen molar-refractivity contribution in [1.82, 2.24) is 19.3 Å². The molecule has 0 aliphatic carbocycles. The Hall–Kier alpha value is -3.34. The lowest BCUT2D eigenvalue weighted by Gasteiger charge is -2.07. The molecule has 0 saturated heterocycles. The van der Waals surface area contributed by atoms with Crippen LogP contribution in [0.4, 0.5) is 0 Å². The van der Waals surface area contributed by atoms with Gasteiger partial charge in [-0.2, -0.15) is 0 Å². The Balaban J connectivity index is 1.71. The van der Waals surface area contributed by atoms with Crippen LogP contribution in [-0.4, -0.2) is 25.9 Å². The zero-order chi connectivity index (χ0) is 18.8. The molecule has 0 spiro atoms. The predicted molar refractivity (Wildman–Crippen MR) is 107 cm³/mol. The molecule has 136 valence electrons. The summed E-state index contributed by atoms with van der Waals surface area (Å²) >= 11 is 0. The first kappa shape index (κ1) is 17.1. The summed E-state index contributed by atoms with van der Waals surface area (Å²) < 4.78 is 4.07. The molecule has 0 radical (unpaired) electrons. The van der Waals surface area contributed by atoms with Gasteiger partial charge in [-0.25, -0.2) is 4.98 Å². The number of rotatable bonds is 5. The fourth-order valence-electron chi connectivity index (χ4n) is 3.25. The third kappa shape index (κ3) is 3.49. The lowest BCUT2D eigenvalue weighted by atomic mass is 10.2. The van der Waals surface area contributed by atoms with Crippen LogP contribution in [-0.2, 0) is 6.54 Å². The average Bonchev–Trinajstić information content (AvgIpc) is 3.26. The van der Waals surface area contributed by atoms with Crippen LogP contribution in [0, 0.1) is 0 Å². The van der Waals surface area contributed by atoms with Gasteiger partial charge in [-0.3, -0.25) is 4.79 Å². The van der Waals surface area contributed by atoms with E-state index in [2.05, 4.69) is 27.0 Å². The number of benzene rings is 1. The quantitative estimate of drug-likeness (QED) is 0.586. The van der Waals surface area contributed by atoms with Crippen LogP contribution in [0.2, 0.25) is 0 Å². The lowest BCUT2D eigenvalue weighted by Crippen LogP contribution is -2.29. The minimum atomic E-state index is -0.0660. The van der Waals surface area contributed by atoms with Crippen LogP contribution in [0.3, 0.4) is 0 Å². The van der Waals surface area contributed by atoms with Gasteiger partial charge < -0.3 is 14.3 Å². The van der Waals surface area contributed by atoms with Crippen molar-refractivity contribution in [3.63, 3.8) is 0 Å². The Morgan fingerprint density at radius 3 is 2.67 bits per heavy atom. The van der Waals surface area contributed by atoms with Gasteiger partial charge in [-0.1, -0.05) is 36.4 Å². The van der Waals surface area contributed by atoms with Crippen LogP contribution < -0.4 is 5.32 Å². The Morgan fingerprint density at radius 1 is 1.11 bits per heavy atom. The molecule has 0 saturated carbocycles. The average molecular weight is 358 g/mol. The second-order valence-corrected chi connectivity index (χ2v) is 6.94. The number of aromatic nitrogens is 3. The fraction of sp³-hybridized carbons (Fsp3) is 0.182. The SMILES string of the molecule is CC(C)NC(=O)c1cc(-c2cn(Cc3ccccc3)cn2)n2ccccc12. The van der Waals surface area contributed by atoms with Crippen molar-refractivity contribution in [3.05, 3.63) is 84.4 Å². The van der Waals surface area contributed by atoms with E-state index < -0.39 is 0 Å². The summed E-state index contributed by atoms with van der Waals surface area (Å²) in [6.07, 6.45) is 5.82. The standard InChI is InChI=1S/C22H22N4O/c1-16(2)24-22(27)18-12-21(26-11-7-6-10-20(18)26)19-14-25(15-23-19)13-17-8-4-3-5-9-17/h3-12,14-16H,13H2,1-2H3,(H,24,27). The van der Waals surface area contributed by atoms with Gasteiger partial charge in [0, 0.05) is 25.0 Å². The molecular formula is C22H22N4O. The minimum absolute atomic E-state index is 0.0660. The number of amides is 1. The van der Waals surface area contributed by atoms with E-state index in [1.54, 1.807) is 0 Å². The number of hydrogen-bond donors (Lipinski definition) is 1. The van der Waals surface area contributed by atoms with E-state index in [0.29, 0.717) is 5.56 Å². The van der Waals surface area contributed by atoms with Gasteiger partial charge in [0.1, 0.15) is 5.69 Å². The second kappa shape index (κ2) is 7.11. The molecule has 1 N–H and O–H groups in total. The predicted octanol–water partition coefficient (Wildman–Crippen LogP) is 3.99. The maximum atomic E-state index is 12.6. The maximum Gasteiger partial charge on any atom is 0.253 e. The molecule has 0 aliphatic rings. The van der Waals surface area contributed by atoms with Crippen LogP contribution in [0.1, 0.15) is 29.8 Å². The Bertz CT molecular complexity index is 1080. The highest BCUT2D eigenvalue weighted by atomic mass is 16.1. The van der Waals surface area contributed by atoms with E-state index in [9.17, 15) is 4.79 Å². The van der Waals surface area contributed by atoms with Crippen molar-refractivity contribution in [1.29, 1.82) is 0 Å². The highest BCUT2D eigenvalue weighted by Gasteiger charge is 2.18. The number of pyridine rings is 1. The second-order valence-electron chi connectivity index (χ2n) is 6.94. The summed E-state index contributed by atoms with van der Waals surface area (Å²) in [7, 11) is 0. The maximum absolute atomic E-state index is 12.6. The van der Waals surface area contributed by atoms with Crippen molar-refractivity contribution in [2.45, 2.75) is 26.4 Å². The van der Waals surface area contributed by atoms with Gasteiger partial charge in [0.05, 0.1) is 23.1 Å². The van der Waals surface area contributed by atoms with Crippen molar-refractivity contribution >= 4 is 11.4 Å². The van der Waals surface area contributed by atoms with E-state index in [-0.39, 0.29) is 11.9 Å². The molecule has 27 heavy (non-hydrogen) atoms. The zero-order valence-electron chi connectivity index (χ0n) is 15.5. The molecule has 0 unspecified atom stereocenters. The number of nitrogens with one attached hydrogen (secondary N) is 1. The molecule has 1 amide bonds. The zero-order valence-corrected chi connectivity index (χ0v) is 15.5. The van der Waals surface area contributed by atoms with Crippen LogP contribution in [0.15, 0.2) is 73.3 Å². The number of imidazole rings is 1. The fourth-order valence-corrected chi connectivity index (χ4v) is 3.25. The van der Waals surface area contributed by atoms with E-state index >= 15 is 0 Å². The molecule has 5 heteroatoms. The monoisotopic (exact) mass is 358 g/mol. The van der Waals surface area contributed by atoms with Gasteiger partial charge in [0.2, 0.25) is 0 Å². The van der Waals surface area contributed by atoms with E-state index in [1.807, 2.05) is 79.4 Å².